The van der Waals surface area contributed by atoms with E-state index in [9.17, 15) is 0 Å². The Morgan fingerprint density at radius 2 is 1.76 bits per heavy atom. The lowest BCUT2D eigenvalue weighted by molar-refractivity contribution is 0.331. The molecule has 1 aromatic heterocycles. The Hall–Kier alpha value is -1.83. The first kappa shape index (κ1) is 14.1. The Bertz CT molecular complexity index is 659. The molecule has 2 aromatic rings. The van der Waals surface area contributed by atoms with Gasteiger partial charge in [0.25, 0.3) is 0 Å². The van der Waals surface area contributed by atoms with Gasteiger partial charge in [-0.3, -0.25) is 4.98 Å². The summed E-state index contributed by atoms with van der Waals surface area (Å²) >= 11 is 0. The second kappa shape index (κ2) is 4.59. The summed E-state index contributed by atoms with van der Waals surface area (Å²) in [6.07, 6.45) is 1.88. The number of aromatic nitrogens is 1. The first-order valence-corrected chi connectivity index (χ1v) is 7.71. The Morgan fingerprint density at radius 3 is 2.38 bits per heavy atom. The number of hydrogen-bond donors (Lipinski definition) is 1. The van der Waals surface area contributed by atoms with E-state index in [4.69, 9.17) is 0 Å². The molecule has 2 heterocycles. The number of nitrogens with one attached hydrogen (secondary N) is 1. The van der Waals surface area contributed by atoms with Crippen molar-refractivity contribution in [3.63, 3.8) is 0 Å². The van der Waals surface area contributed by atoms with E-state index in [-0.39, 0.29) is 11.0 Å². The number of para-hydroxylation sites is 1. The van der Waals surface area contributed by atoms with Crippen LogP contribution in [0.4, 0.5) is 5.69 Å². The average molecular weight is 280 g/mol. The predicted octanol–water partition coefficient (Wildman–Crippen LogP) is 4.82. The lowest BCUT2D eigenvalue weighted by Crippen LogP contribution is -2.44. The van der Waals surface area contributed by atoms with Crippen LogP contribution in [0, 0.1) is 0 Å². The molecule has 0 amide bonds. The predicted molar refractivity (Wildman–Crippen MR) is 88.8 cm³/mol. The summed E-state index contributed by atoms with van der Waals surface area (Å²) in [5.41, 5.74) is 4.97. The van der Waals surface area contributed by atoms with E-state index in [2.05, 4.69) is 75.3 Å². The van der Waals surface area contributed by atoms with Crippen molar-refractivity contribution >= 4 is 5.69 Å². The number of rotatable bonds is 2. The summed E-state index contributed by atoms with van der Waals surface area (Å²) in [5, 5.41) is 3.80. The quantitative estimate of drug-likeness (QED) is 0.852. The van der Waals surface area contributed by atoms with Gasteiger partial charge < -0.3 is 5.32 Å². The highest BCUT2D eigenvalue weighted by molar-refractivity contribution is 5.69. The molecule has 0 spiro atoms. The van der Waals surface area contributed by atoms with Gasteiger partial charge in [0.1, 0.15) is 0 Å². The van der Waals surface area contributed by atoms with Gasteiger partial charge in [0.15, 0.2) is 0 Å². The van der Waals surface area contributed by atoms with Gasteiger partial charge in [-0.2, -0.15) is 0 Å². The number of benzene rings is 1. The molecule has 0 fully saturated rings. The molecule has 0 radical (unpaired) electrons. The van der Waals surface area contributed by atoms with Crippen molar-refractivity contribution in [2.45, 2.75) is 51.5 Å². The molecule has 2 heteroatoms. The van der Waals surface area contributed by atoms with Crippen LogP contribution < -0.4 is 5.32 Å². The number of hydrogen-bond acceptors (Lipinski definition) is 2. The average Bonchev–Trinajstić information content (AvgIpc) is 2.68. The van der Waals surface area contributed by atoms with Crippen molar-refractivity contribution in [2.75, 3.05) is 5.32 Å². The van der Waals surface area contributed by atoms with Crippen LogP contribution in [0.1, 0.15) is 57.4 Å². The number of nitrogens with zero attached hydrogens (tertiary/aromatic N) is 1. The number of pyridine rings is 1. The van der Waals surface area contributed by atoms with E-state index < -0.39 is 0 Å². The third-order valence-electron chi connectivity index (χ3n) is 5.19. The fourth-order valence-corrected chi connectivity index (χ4v) is 3.43. The fourth-order valence-electron chi connectivity index (χ4n) is 3.43. The minimum absolute atomic E-state index is 0.0123. The van der Waals surface area contributed by atoms with Gasteiger partial charge in [0.2, 0.25) is 0 Å². The van der Waals surface area contributed by atoms with E-state index in [0.717, 1.165) is 5.69 Å². The standard InChI is InChI=1S/C19H24N2/c1-13(2)14-9-8-10-15-17(14)21-19(5,18(15,3)4)16-11-6-7-12-20-16/h6-13,21H,1-5H3/t19-/m0/s1. The maximum atomic E-state index is 4.62. The summed E-state index contributed by atoms with van der Waals surface area (Å²) in [5.74, 6) is 0.509. The molecule has 0 saturated heterocycles. The molecule has 1 atom stereocenters. The molecular weight excluding hydrogens is 256 g/mol. The topological polar surface area (TPSA) is 24.9 Å². The lowest BCUT2D eigenvalue weighted by Gasteiger charge is -2.38. The van der Waals surface area contributed by atoms with Crippen LogP contribution in [0.5, 0.6) is 0 Å². The van der Waals surface area contributed by atoms with Crippen molar-refractivity contribution in [3.8, 4) is 0 Å². The molecule has 110 valence electrons. The van der Waals surface area contributed by atoms with Gasteiger partial charge in [-0.25, -0.2) is 0 Å². The molecule has 1 aliphatic heterocycles. The smallest absolute Gasteiger partial charge is 0.0859 e. The first-order chi connectivity index (χ1) is 9.88. The third kappa shape index (κ3) is 1.89. The van der Waals surface area contributed by atoms with Crippen LogP contribution in [0.15, 0.2) is 42.6 Å². The van der Waals surface area contributed by atoms with Gasteiger partial charge in [0, 0.05) is 17.3 Å². The third-order valence-corrected chi connectivity index (χ3v) is 5.19. The van der Waals surface area contributed by atoms with E-state index in [1.807, 2.05) is 12.3 Å². The van der Waals surface area contributed by atoms with E-state index in [1.54, 1.807) is 0 Å². The van der Waals surface area contributed by atoms with E-state index >= 15 is 0 Å². The van der Waals surface area contributed by atoms with E-state index in [1.165, 1.54) is 16.8 Å². The zero-order valence-corrected chi connectivity index (χ0v) is 13.6. The molecule has 0 unspecified atom stereocenters. The van der Waals surface area contributed by atoms with Crippen LogP contribution in [-0.4, -0.2) is 4.98 Å². The molecular formula is C19H24N2. The van der Waals surface area contributed by atoms with Gasteiger partial charge in [-0.15, -0.1) is 0 Å². The monoisotopic (exact) mass is 280 g/mol. The molecule has 1 aromatic carbocycles. The van der Waals surface area contributed by atoms with Crippen molar-refractivity contribution in [1.82, 2.24) is 4.98 Å². The maximum absolute atomic E-state index is 4.62. The normalized spacial score (nSPS) is 23.0. The van der Waals surface area contributed by atoms with Gasteiger partial charge in [0.05, 0.1) is 11.2 Å². The summed E-state index contributed by atoms with van der Waals surface area (Å²) in [7, 11) is 0. The SMILES string of the molecule is CC(C)c1cccc2c1N[C@@](C)(c1ccccn1)C2(C)C. The molecule has 1 aliphatic rings. The maximum Gasteiger partial charge on any atom is 0.0859 e. The van der Waals surface area contributed by atoms with Crippen LogP contribution in [0.3, 0.4) is 0 Å². The Morgan fingerprint density at radius 1 is 1.00 bits per heavy atom. The molecule has 1 N–H and O–H groups in total. The zero-order valence-electron chi connectivity index (χ0n) is 13.6. The molecule has 3 rings (SSSR count). The molecule has 0 bridgehead atoms. The number of fused-ring (bicyclic) bond motifs is 1. The Labute approximate surface area is 127 Å². The van der Waals surface area contributed by atoms with E-state index in [0.29, 0.717) is 5.92 Å². The van der Waals surface area contributed by atoms with Crippen molar-refractivity contribution in [3.05, 3.63) is 59.4 Å². The van der Waals surface area contributed by atoms with Crippen molar-refractivity contribution < 1.29 is 0 Å². The van der Waals surface area contributed by atoms with Gasteiger partial charge >= 0.3 is 0 Å². The van der Waals surface area contributed by atoms with Gasteiger partial charge in [-0.05, 0) is 36.1 Å². The second-order valence-corrected chi connectivity index (χ2v) is 7.01. The van der Waals surface area contributed by atoms with Crippen LogP contribution in [0.25, 0.3) is 0 Å². The lowest BCUT2D eigenvalue weighted by atomic mass is 9.70. The van der Waals surface area contributed by atoms with Gasteiger partial charge in [-0.1, -0.05) is 52.0 Å². The highest BCUT2D eigenvalue weighted by atomic mass is 15.1. The molecule has 2 nitrogen and oxygen atoms in total. The molecule has 21 heavy (non-hydrogen) atoms. The fraction of sp³-hybridized carbons (Fsp3) is 0.421. The Kier molecular flexibility index (Phi) is 3.09. The van der Waals surface area contributed by atoms with Crippen molar-refractivity contribution in [2.24, 2.45) is 0 Å². The highest BCUT2D eigenvalue weighted by Crippen LogP contribution is 2.53. The van der Waals surface area contributed by atoms with Crippen LogP contribution in [-0.2, 0) is 11.0 Å². The van der Waals surface area contributed by atoms with Crippen LogP contribution >= 0.6 is 0 Å². The van der Waals surface area contributed by atoms with Crippen molar-refractivity contribution in [1.29, 1.82) is 0 Å². The summed E-state index contributed by atoms with van der Waals surface area (Å²) in [6.45, 7) is 11.4. The Balaban J connectivity index is 2.19. The first-order valence-electron chi connectivity index (χ1n) is 7.71. The second-order valence-electron chi connectivity index (χ2n) is 7.01. The number of anilines is 1. The highest BCUT2D eigenvalue weighted by Gasteiger charge is 2.51. The molecule has 0 aliphatic carbocycles. The molecule has 0 saturated carbocycles. The minimum atomic E-state index is -0.193. The van der Waals surface area contributed by atoms with Crippen LogP contribution in [0.2, 0.25) is 0 Å². The summed E-state index contributed by atoms with van der Waals surface area (Å²) in [6, 6.07) is 12.8. The largest absolute Gasteiger partial charge is 0.373 e. The summed E-state index contributed by atoms with van der Waals surface area (Å²) < 4.78 is 0. The minimum Gasteiger partial charge on any atom is -0.373 e. The zero-order chi connectivity index (χ0) is 15.3. The summed E-state index contributed by atoms with van der Waals surface area (Å²) in [4.78, 5) is 4.62.